The second-order valence-corrected chi connectivity index (χ2v) is 13.1. The van der Waals surface area contributed by atoms with Crippen LogP contribution in [0.25, 0.3) is 110 Å². The monoisotopic (exact) mass is 683 g/mol. The minimum atomic E-state index is -0.658. The summed E-state index contributed by atoms with van der Waals surface area (Å²) >= 11 is 0. The molecule has 0 aliphatic carbocycles. The molecule has 0 fully saturated rings. The van der Waals surface area contributed by atoms with E-state index in [1.807, 2.05) is 60.7 Å². The average molecular weight is 684 g/mol. The highest BCUT2D eigenvalue weighted by molar-refractivity contribution is 6.24. The van der Waals surface area contributed by atoms with E-state index in [4.69, 9.17) is 15.4 Å². The van der Waals surface area contributed by atoms with Crippen LogP contribution in [0, 0.1) is 0 Å². The molecule has 0 amide bonds. The molecule has 246 valence electrons. The van der Waals surface area contributed by atoms with Gasteiger partial charge in [-0.15, -0.1) is 0 Å². The Labute approximate surface area is 322 Å². The second kappa shape index (κ2) is 11.8. The molecule has 1 heterocycles. The lowest BCUT2D eigenvalue weighted by atomic mass is 9.83. The molecule has 0 N–H and O–H groups in total. The first-order valence-electron chi connectivity index (χ1n) is 22.9. The van der Waals surface area contributed by atoms with E-state index >= 15 is 0 Å². The molecule has 0 unspecified atom stereocenters. The van der Waals surface area contributed by atoms with Crippen LogP contribution >= 0.6 is 0 Å². The van der Waals surface area contributed by atoms with Crippen LogP contribution in [0.3, 0.4) is 0 Å². The lowest BCUT2D eigenvalue weighted by Gasteiger charge is -2.20. The van der Waals surface area contributed by atoms with Gasteiger partial charge in [-0.2, -0.15) is 0 Å². The quantitative estimate of drug-likeness (QED) is 0.168. The maximum absolute atomic E-state index is 9.57. The molecule has 1 heteroatoms. The number of rotatable bonds is 4. The van der Waals surface area contributed by atoms with E-state index in [1.165, 1.54) is 0 Å². The molecular formula is C52H32O. The van der Waals surface area contributed by atoms with Crippen LogP contribution in [-0.4, -0.2) is 0 Å². The molecule has 10 aromatic carbocycles. The van der Waals surface area contributed by atoms with Gasteiger partial charge in [-0.05, 0) is 118 Å². The van der Waals surface area contributed by atoms with Crippen molar-refractivity contribution in [3.8, 4) is 44.5 Å². The minimum Gasteiger partial charge on any atom is -0.456 e. The van der Waals surface area contributed by atoms with Gasteiger partial charge in [-0.1, -0.05) is 164 Å². The SMILES string of the molecule is [2H]c1c([2H])c([2H])c(-c2c([2H])c([2H])c3c(oc4c([2H])c(-c5ccc(-c6c7ccccc7c(-c7ccc8ccccc8c7)c7ccccc67)c6ccccc56)c([2H])c([2H])c43)c2[2H])c([2H])c1[2H]. The van der Waals surface area contributed by atoms with E-state index in [0.717, 1.165) is 65.3 Å². The summed E-state index contributed by atoms with van der Waals surface area (Å²) in [6, 6.07) is 37.5. The third kappa shape index (κ3) is 4.71. The predicted molar refractivity (Wildman–Crippen MR) is 225 cm³/mol. The Bertz CT molecular complexity index is 3790. The highest BCUT2D eigenvalue weighted by Crippen LogP contribution is 2.47. The topological polar surface area (TPSA) is 13.1 Å². The molecule has 11 rings (SSSR count). The molecule has 0 saturated heterocycles. The predicted octanol–water partition coefficient (Wildman–Crippen LogP) is 14.9. The summed E-state index contributed by atoms with van der Waals surface area (Å²) in [6.07, 6.45) is 0. The van der Waals surface area contributed by atoms with Gasteiger partial charge in [-0.25, -0.2) is 0 Å². The zero-order valence-corrected chi connectivity index (χ0v) is 28.0. The van der Waals surface area contributed by atoms with Gasteiger partial charge in [-0.3, -0.25) is 0 Å². The van der Waals surface area contributed by atoms with E-state index < -0.39 is 59.5 Å². The van der Waals surface area contributed by atoms with Crippen molar-refractivity contribution in [1.82, 2.24) is 0 Å². The van der Waals surface area contributed by atoms with E-state index in [1.54, 1.807) is 0 Å². The van der Waals surface area contributed by atoms with Crippen LogP contribution in [0.1, 0.15) is 15.1 Å². The summed E-state index contributed by atoms with van der Waals surface area (Å²) in [7, 11) is 0. The lowest BCUT2D eigenvalue weighted by molar-refractivity contribution is 0.669. The molecule has 11 aromatic rings. The van der Waals surface area contributed by atoms with E-state index in [2.05, 4.69) is 66.7 Å². The van der Waals surface area contributed by atoms with Crippen molar-refractivity contribution < 1.29 is 19.5 Å². The summed E-state index contributed by atoms with van der Waals surface area (Å²) in [5.74, 6) is 0. The van der Waals surface area contributed by atoms with Gasteiger partial charge in [0.05, 0.1) is 15.1 Å². The normalized spacial score (nSPS) is 14.7. The Balaban J connectivity index is 1.15. The smallest absolute Gasteiger partial charge is 0.136 e. The Hall–Kier alpha value is -6.96. The molecule has 0 aliphatic heterocycles. The second-order valence-electron chi connectivity index (χ2n) is 13.1. The summed E-state index contributed by atoms with van der Waals surface area (Å²) in [5.41, 5.74) is 3.53. The fourth-order valence-electron chi connectivity index (χ4n) is 7.83. The van der Waals surface area contributed by atoms with Gasteiger partial charge in [0, 0.05) is 10.8 Å². The van der Waals surface area contributed by atoms with Crippen molar-refractivity contribution in [2.24, 2.45) is 0 Å². The molecular weight excluding hydrogens is 641 g/mol. The summed E-state index contributed by atoms with van der Waals surface area (Å²) in [5, 5.41) is 7.95. The van der Waals surface area contributed by atoms with Crippen molar-refractivity contribution >= 4 is 65.0 Å². The van der Waals surface area contributed by atoms with Gasteiger partial charge in [0.15, 0.2) is 0 Å². The molecule has 53 heavy (non-hydrogen) atoms. The molecule has 1 nitrogen and oxygen atoms in total. The first-order valence-corrected chi connectivity index (χ1v) is 17.4. The number of hydrogen-bond donors (Lipinski definition) is 0. The van der Waals surface area contributed by atoms with Crippen molar-refractivity contribution in [3.05, 3.63) is 194 Å². The number of hydrogen-bond acceptors (Lipinski definition) is 1. The lowest BCUT2D eigenvalue weighted by Crippen LogP contribution is -1.92. The fourth-order valence-corrected chi connectivity index (χ4v) is 7.83. The first-order chi connectivity index (χ1) is 30.9. The van der Waals surface area contributed by atoms with Crippen LogP contribution in [0.2, 0.25) is 0 Å². The van der Waals surface area contributed by atoms with Gasteiger partial charge in [0.2, 0.25) is 0 Å². The van der Waals surface area contributed by atoms with Crippen LogP contribution in [0.4, 0.5) is 0 Å². The molecule has 0 aliphatic rings. The van der Waals surface area contributed by atoms with Gasteiger partial charge >= 0.3 is 0 Å². The zero-order valence-electron chi connectivity index (χ0n) is 39.0. The molecule has 0 radical (unpaired) electrons. The van der Waals surface area contributed by atoms with Crippen molar-refractivity contribution in [2.75, 3.05) is 0 Å². The Morgan fingerprint density at radius 3 is 1.55 bits per heavy atom. The third-order valence-electron chi connectivity index (χ3n) is 10.2. The first kappa shape index (κ1) is 20.8. The van der Waals surface area contributed by atoms with Crippen LogP contribution < -0.4 is 0 Å². The van der Waals surface area contributed by atoms with Crippen molar-refractivity contribution in [2.45, 2.75) is 0 Å². The molecule has 0 spiro atoms. The maximum atomic E-state index is 9.57. The third-order valence-corrected chi connectivity index (χ3v) is 10.2. The average Bonchev–Trinajstić information content (AvgIpc) is 3.73. The molecule has 0 saturated carbocycles. The standard InChI is InChI=1S/C52H32O/c1-2-12-33(13-3-1)36-24-26-42-43-27-25-37(32-50(43)53-49(42)31-36)39-28-29-48(41-17-7-6-16-40(39)41)52-46-20-10-8-18-44(46)51(45-19-9-11-21-47(45)52)38-23-22-34-14-4-5-15-35(34)30-38/h1-32H/i1D,2D,3D,12D,13D,24D,25D,26D,27D,31D,32D. The molecule has 1 aromatic heterocycles. The van der Waals surface area contributed by atoms with Crippen molar-refractivity contribution in [1.29, 1.82) is 0 Å². The van der Waals surface area contributed by atoms with Gasteiger partial charge in [0.25, 0.3) is 0 Å². The molecule has 0 bridgehead atoms. The van der Waals surface area contributed by atoms with Crippen LogP contribution in [0.5, 0.6) is 0 Å². The number of benzene rings is 10. The van der Waals surface area contributed by atoms with Crippen molar-refractivity contribution in [3.63, 3.8) is 0 Å². The Kier molecular flexibility index (Phi) is 4.63. The summed E-state index contributed by atoms with van der Waals surface area (Å²) in [6.45, 7) is 0. The Morgan fingerprint density at radius 1 is 0.340 bits per heavy atom. The molecule has 0 atom stereocenters. The zero-order chi connectivity index (χ0) is 44.5. The van der Waals surface area contributed by atoms with E-state index in [0.29, 0.717) is 5.56 Å². The number of furan rings is 1. The maximum Gasteiger partial charge on any atom is 0.136 e. The van der Waals surface area contributed by atoms with Crippen LogP contribution in [0.15, 0.2) is 198 Å². The van der Waals surface area contributed by atoms with Gasteiger partial charge < -0.3 is 4.42 Å². The minimum absolute atomic E-state index is 0.0845. The van der Waals surface area contributed by atoms with Crippen LogP contribution in [-0.2, 0) is 0 Å². The van der Waals surface area contributed by atoms with E-state index in [-0.39, 0.29) is 45.6 Å². The highest BCUT2D eigenvalue weighted by atomic mass is 16.3. The number of fused-ring (bicyclic) bond motifs is 7. The van der Waals surface area contributed by atoms with E-state index in [9.17, 15) is 4.11 Å². The highest BCUT2D eigenvalue weighted by Gasteiger charge is 2.19. The van der Waals surface area contributed by atoms with Gasteiger partial charge in [0.1, 0.15) is 11.2 Å². The fraction of sp³-hybridized carbons (Fsp3) is 0. The Morgan fingerprint density at radius 2 is 0.868 bits per heavy atom. The largest absolute Gasteiger partial charge is 0.456 e. The summed E-state index contributed by atoms with van der Waals surface area (Å²) in [4.78, 5) is 0. The summed E-state index contributed by atoms with van der Waals surface area (Å²) < 4.78 is 103.